The third-order valence-electron chi connectivity index (χ3n) is 3.26. The summed E-state index contributed by atoms with van der Waals surface area (Å²) >= 11 is 5.49. The fraction of sp³-hybridized carbons (Fsp3) is 1.00. The highest BCUT2D eigenvalue weighted by Gasteiger charge is 1.95. The van der Waals surface area contributed by atoms with Crippen LogP contribution in [0.25, 0.3) is 0 Å². The maximum atomic E-state index is 5.49. The van der Waals surface area contributed by atoms with Crippen LogP contribution < -0.4 is 0 Å². The lowest BCUT2D eigenvalue weighted by atomic mass is 10.6. The van der Waals surface area contributed by atoms with Gasteiger partial charge in [0.15, 0.2) is 0 Å². The van der Waals surface area contributed by atoms with E-state index in [1.54, 1.807) is 7.11 Å². The van der Waals surface area contributed by atoms with Gasteiger partial charge in [-0.1, -0.05) is 0 Å². The third kappa shape index (κ3) is 27.9. The number of halogens is 1. The molecule has 9 nitrogen and oxygen atoms in total. The molecular formula is C19H39ClO9. The van der Waals surface area contributed by atoms with Crippen molar-refractivity contribution in [1.29, 1.82) is 0 Å². The van der Waals surface area contributed by atoms with E-state index in [-0.39, 0.29) is 0 Å². The predicted octanol–water partition coefficient (Wildman–Crippen LogP) is 1.00. The molecule has 0 unspecified atom stereocenters. The van der Waals surface area contributed by atoms with Gasteiger partial charge in [0.25, 0.3) is 0 Å². The van der Waals surface area contributed by atoms with E-state index in [0.717, 1.165) is 0 Å². The number of rotatable bonds is 26. The summed E-state index contributed by atoms with van der Waals surface area (Å²) < 4.78 is 47.6. The fourth-order valence-electron chi connectivity index (χ4n) is 1.84. The third-order valence-corrected chi connectivity index (χ3v) is 3.41. The van der Waals surface area contributed by atoms with Gasteiger partial charge in [0, 0.05) is 13.0 Å². The second-order valence-electron chi connectivity index (χ2n) is 5.58. The molecule has 10 heteroatoms. The SMILES string of the molecule is COCCOCCOCCOCCOCCOCCOCCOCCOCCCl. The molecule has 0 saturated carbocycles. The molecule has 0 aliphatic rings. The minimum atomic E-state index is 0.504. The largest absolute Gasteiger partial charge is 0.382 e. The van der Waals surface area contributed by atoms with E-state index >= 15 is 0 Å². The number of hydrogen-bond acceptors (Lipinski definition) is 9. The van der Waals surface area contributed by atoms with Crippen LogP contribution in [0.5, 0.6) is 0 Å². The molecule has 0 aliphatic heterocycles. The zero-order valence-corrected chi connectivity index (χ0v) is 18.5. The van der Waals surface area contributed by atoms with E-state index in [4.69, 9.17) is 54.2 Å². The minimum Gasteiger partial charge on any atom is -0.382 e. The first-order chi connectivity index (χ1) is 14.4. The summed E-state index contributed by atoms with van der Waals surface area (Å²) in [5.41, 5.74) is 0. The Hall–Kier alpha value is -0.0700. The molecule has 0 rings (SSSR count). The average molecular weight is 447 g/mol. The molecule has 29 heavy (non-hydrogen) atoms. The van der Waals surface area contributed by atoms with Crippen LogP contribution in [0.1, 0.15) is 0 Å². The Bertz CT molecular complexity index is 262. The molecule has 0 aromatic heterocycles. The topological polar surface area (TPSA) is 83.1 Å². The van der Waals surface area contributed by atoms with Crippen LogP contribution in [0.4, 0.5) is 0 Å². The molecule has 0 amide bonds. The normalized spacial score (nSPS) is 11.4. The molecule has 0 aromatic carbocycles. The van der Waals surface area contributed by atoms with Gasteiger partial charge in [0.1, 0.15) is 0 Å². The fourth-order valence-corrected chi connectivity index (χ4v) is 1.95. The van der Waals surface area contributed by atoms with Gasteiger partial charge in [-0.3, -0.25) is 0 Å². The molecule has 0 radical (unpaired) electrons. The number of methoxy groups -OCH3 is 1. The van der Waals surface area contributed by atoms with Crippen molar-refractivity contribution in [2.75, 3.05) is 125 Å². The highest BCUT2D eigenvalue weighted by atomic mass is 35.5. The molecule has 0 fully saturated rings. The van der Waals surface area contributed by atoms with Crippen molar-refractivity contribution in [1.82, 2.24) is 0 Å². The molecule has 0 aliphatic carbocycles. The summed E-state index contributed by atoms with van der Waals surface area (Å²) in [5.74, 6) is 0.504. The summed E-state index contributed by atoms with van der Waals surface area (Å²) in [4.78, 5) is 0. The van der Waals surface area contributed by atoms with Crippen molar-refractivity contribution in [2.45, 2.75) is 0 Å². The quantitative estimate of drug-likeness (QED) is 0.143. The number of hydrogen-bond donors (Lipinski definition) is 0. The maximum absolute atomic E-state index is 5.49. The standard InChI is InChI=1S/C19H39ClO9/c1-21-4-5-23-8-9-25-12-13-27-16-17-29-19-18-28-15-14-26-11-10-24-7-6-22-3-2-20/h2-19H2,1H3. The van der Waals surface area contributed by atoms with E-state index in [1.807, 2.05) is 0 Å². The summed E-state index contributed by atoms with van der Waals surface area (Å²) in [6.45, 7) is 9.34. The van der Waals surface area contributed by atoms with Gasteiger partial charge >= 0.3 is 0 Å². The van der Waals surface area contributed by atoms with Gasteiger partial charge in [0.2, 0.25) is 0 Å². The highest BCUT2D eigenvalue weighted by molar-refractivity contribution is 6.17. The van der Waals surface area contributed by atoms with Crippen LogP contribution in [0.3, 0.4) is 0 Å². The van der Waals surface area contributed by atoms with Gasteiger partial charge < -0.3 is 42.6 Å². The summed E-state index contributed by atoms with van der Waals surface area (Å²) in [6.07, 6.45) is 0. The Kier molecular flexibility index (Phi) is 27.9. The van der Waals surface area contributed by atoms with Crippen molar-refractivity contribution in [3.63, 3.8) is 0 Å². The second kappa shape index (κ2) is 27.9. The lowest BCUT2D eigenvalue weighted by molar-refractivity contribution is -0.0240. The molecular weight excluding hydrogens is 408 g/mol. The second-order valence-corrected chi connectivity index (χ2v) is 5.96. The predicted molar refractivity (Wildman–Crippen MR) is 109 cm³/mol. The van der Waals surface area contributed by atoms with E-state index < -0.39 is 0 Å². The molecule has 176 valence electrons. The van der Waals surface area contributed by atoms with E-state index in [2.05, 4.69) is 0 Å². The van der Waals surface area contributed by atoms with Crippen molar-refractivity contribution in [3.8, 4) is 0 Å². The van der Waals surface area contributed by atoms with E-state index in [9.17, 15) is 0 Å². The first kappa shape index (κ1) is 28.9. The lowest BCUT2D eigenvalue weighted by Crippen LogP contribution is -2.15. The van der Waals surface area contributed by atoms with Crippen molar-refractivity contribution >= 4 is 11.6 Å². The Morgan fingerprint density at radius 2 is 0.552 bits per heavy atom. The van der Waals surface area contributed by atoms with Crippen LogP contribution in [-0.2, 0) is 42.6 Å². The van der Waals surface area contributed by atoms with Gasteiger partial charge in [-0.25, -0.2) is 0 Å². The van der Waals surface area contributed by atoms with Crippen LogP contribution in [0.15, 0.2) is 0 Å². The van der Waals surface area contributed by atoms with E-state index in [0.29, 0.717) is 118 Å². The maximum Gasteiger partial charge on any atom is 0.0701 e. The first-order valence-corrected chi connectivity index (χ1v) is 10.6. The van der Waals surface area contributed by atoms with Crippen LogP contribution in [0.2, 0.25) is 0 Å². The van der Waals surface area contributed by atoms with Gasteiger partial charge in [-0.15, -0.1) is 11.6 Å². The minimum absolute atomic E-state index is 0.504. The van der Waals surface area contributed by atoms with Gasteiger partial charge in [-0.05, 0) is 0 Å². The molecule has 0 aromatic rings. The molecule has 0 spiro atoms. The van der Waals surface area contributed by atoms with Crippen molar-refractivity contribution in [3.05, 3.63) is 0 Å². The summed E-state index contributed by atoms with van der Waals surface area (Å²) in [7, 11) is 1.65. The summed E-state index contributed by atoms with van der Waals surface area (Å²) in [5, 5.41) is 0. The zero-order chi connectivity index (χ0) is 21.1. The Labute approximate surface area is 180 Å². The Morgan fingerprint density at radius 3 is 0.759 bits per heavy atom. The lowest BCUT2D eigenvalue weighted by Gasteiger charge is -2.08. The molecule has 0 saturated heterocycles. The van der Waals surface area contributed by atoms with E-state index in [1.165, 1.54) is 0 Å². The highest BCUT2D eigenvalue weighted by Crippen LogP contribution is 1.86. The summed E-state index contributed by atoms with van der Waals surface area (Å²) in [6, 6.07) is 0. The molecule has 0 heterocycles. The zero-order valence-electron chi connectivity index (χ0n) is 17.8. The molecule has 0 atom stereocenters. The monoisotopic (exact) mass is 446 g/mol. The van der Waals surface area contributed by atoms with Crippen LogP contribution in [-0.4, -0.2) is 125 Å². The Balaban J connectivity index is 2.97. The van der Waals surface area contributed by atoms with Crippen LogP contribution in [0, 0.1) is 0 Å². The van der Waals surface area contributed by atoms with Gasteiger partial charge in [-0.2, -0.15) is 0 Å². The van der Waals surface area contributed by atoms with Crippen molar-refractivity contribution < 1.29 is 42.6 Å². The molecule has 0 bridgehead atoms. The molecule has 0 N–H and O–H groups in total. The first-order valence-electron chi connectivity index (χ1n) is 10.1. The Morgan fingerprint density at radius 1 is 0.345 bits per heavy atom. The number of alkyl halides is 1. The smallest absolute Gasteiger partial charge is 0.0701 e. The van der Waals surface area contributed by atoms with Crippen molar-refractivity contribution in [2.24, 2.45) is 0 Å². The van der Waals surface area contributed by atoms with Gasteiger partial charge in [0.05, 0.1) is 112 Å². The van der Waals surface area contributed by atoms with Crippen LogP contribution >= 0.6 is 11.6 Å². The number of ether oxygens (including phenoxy) is 9. The average Bonchev–Trinajstić information content (AvgIpc) is 2.74.